The maximum atomic E-state index is 5.32. The summed E-state index contributed by atoms with van der Waals surface area (Å²) in [6.07, 6.45) is 6.28. The first-order valence-corrected chi connectivity index (χ1v) is 5.39. The number of nitrogens with zero attached hydrogens (tertiary/aromatic N) is 2. The third kappa shape index (κ3) is 2.31. The molecule has 0 atom stereocenters. The quantitative estimate of drug-likeness (QED) is 0.657. The Morgan fingerprint density at radius 2 is 2.23 bits per heavy atom. The van der Waals surface area contributed by atoms with Gasteiger partial charge in [-0.2, -0.15) is 0 Å². The van der Waals surface area contributed by atoms with E-state index < -0.39 is 0 Å². The molecule has 2 heterocycles. The summed E-state index contributed by atoms with van der Waals surface area (Å²) in [6.45, 7) is 2.72. The normalized spacial score (nSPS) is 24.7. The molecule has 2 rings (SSSR count). The van der Waals surface area contributed by atoms with Gasteiger partial charge in [0.25, 0.3) is 0 Å². The van der Waals surface area contributed by atoms with E-state index in [1.54, 1.807) is 0 Å². The molecule has 0 amide bonds. The fourth-order valence-corrected chi connectivity index (χ4v) is 2.12. The highest BCUT2D eigenvalue weighted by molar-refractivity contribution is 9.11. The van der Waals surface area contributed by atoms with E-state index in [0.717, 1.165) is 37.2 Å². The van der Waals surface area contributed by atoms with Crippen LogP contribution < -0.4 is 0 Å². The second kappa shape index (κ2) is 4.24. The third-order valence-electron chi connectivity index (χ3n) is 2.44. The number of ether oxygens (including phenoxy) is 1. The van der Waals surface area contributed by atoms with Crippen molar-refractivity contribution < 1.29 is 4.74 Å². The number of rotatable bonds is 1. The highest BCUT2D eigenvalue weighted by Gasteiger charge is 2.19. The van der Waals surface area contributed by atoms with Crippen molar-refractivity contribution in [3.05, 3.63) is 10.8 Å². The lowest BCUT2D eigenvalue weighted by Crippen LogP contribution is -2.37. The minimum absolute atomic E-state index is 0.632. The van der Waals surface area contributed by atoms with Gasteiger partial charge < -0.3 is 9.64 Å². The summed E-state index contributed by atoms with van der Waals surface area (Å²) < 4.78 is 6.25. The Kier molecular flexibility index (Phi) is 3.01. The molecule has 2 aliphatic rings. The van der Waals surface area contributed by atoms with Crippen LogP contribution in [0.3, 0.4) is 0 Å². The first-order chi connectivity index (χ1) is 6.36. The highest BCUT2D eigenvalue weighted by Crippen LogP contribution is 2.19. The smallest absolute Gasteiger partial charge is 0.121 e. The average Bonchev–Trinajstić information content (AvgIpc) is 2.19. The second-order valence-corrected chi connectivity index (χ2v) is 4.12. The van der Waals surface area contributed by atoms with E-state index in [1.807, 2.05) is 6.21 Å². The molecule has 0 aromatic heterocycles. The largest absolute Gasteiger partial charge is 0.381 e. The predicted octanol–water partition coefficient (Wildman–Crippen LogP) is 1.75. The van der Waals surface area contributed by atoms with Crippen molar-refractivity contribution in [1.29, 1.82) is 0 Å². The Bertz CT molecular complexity index is 234. The molecule has 1 saturated heterocycles. The van der Waals surface area contributed by atoms with Crippen LogP contribution in [0.4, 0.5) is 0 Å². The summed E-state index contributed by atoms with van der Waals surface area (Å²) in [4.78, 5) is 6.49. The summed E-state index contributed by atoms with van der Waals surface area (Å²) in [5.74, 6) is 0. The lowest BCUT2D eigenvalue weighted by atomic mass is 10.1. The Balaban J connectivity index is 1.96. The van der Waals surface area contributed by atoms with E-state index >= 15 is 0 Å². The van der Waals surface area contributed by atoms with E-state index in [9.17, 15) is 0 Å². The Labute approximate surface area is 86.6 Å². The van der Waals surface area contributed by atoms with Gasteiger partial charge in [0.15, 0.2) is 0 Å². The molecule has 72 valence electrons. The maximum Gasteiger partial charge on any atom is 0.121 e. The summed E-state index contributed by atoms with van der Waals surface area (Å²) in [6, 6.07) is 0.632. The Hall–Kier alpha value is -0.350. The van der Waals surface area contributed by atoms with Gasteiger partial charge in [0, 0.05) is 31.7 Å². The van der Waals surface area contributed by atoms with Crippen LogP contribution in [0.25, 0.3) is 0 Å². The summed E-state index contributed by atoms with van der Waals surface area (Å²) >= 11 is 3.39. The second-order valence-electron chi connectivity index (χ2n) is 3.30. The van der Waals surface area contributed by atoms with Crippen molar-refractivity contribution in [3.8, 4) is 0 Å². The zero-order valence-electron chi connectivity index (χ0n) is 7.45. The SMILES string of the molecule is BrC1=CN(C2CCOCC2)CC=N1. The standard InChI is InChI=1S/C9H13BrN2O/c10-9-7-12(4-3-11-9)8-1-5-13-6-2-8/h3,7-8H,1-2,4-6H2. The van der Waals surface area contributed by atoms with E-state index in [2.05, 4.69) is 32.0 Å². The molecule has 13 heavy (non-hydrogen) atoms. The van der Waals surface area contributed by atoms with E-state index in [0.29, 0.717) is 6.04 Å². The molecule has 0 N–H and O–H groups in total. The van der Waals surface area contributed by atoms with E-state index in [1.165, 1.54) is 0 Å². The van der Waals surface area contributed by atoms with Gasteiger partial charge in [0.2, 0.25) is 0 Å². The molecule has 3 nitrogen and oxygen atoms in total. The molecule has 2 aliphatic heterocycles. The molecule has 0 unspecified atom stereocenters. The van der Waals surface area contributed by atoms with Gasteiger partial charge in [0.1, 0.15) is 4.61 Å². The number of hydrogen-bond acceptors (Lipinski definition) is 3. The zero-order chi connectivity index (χ0) is 9.10. The molecule has 4 heteroatoms. The van der Waals surface area contributed by atoms with Crippen LogP contribution in [0.15, 0.2) is 15.8 Å². The molecule has 0 aromatic rings. The Morgan fingerprint density at radius 3 is 2.92 bits per heavy atom. The molecule has 0 radical (unpaired) electrons. The predicted molar refractivity (Wildman–Crippen MR) is 56.0 cm³/mol. The van der Waals surface area contributed by atoms with Gasteiger partial charge >= 0.3 is 0 Å². The van der Waals surface area contributed by atoms with Gasteiger partial charge in [-0.25, -0.2) is 0 Å². The molecular weight excluding hydrogens is 232 g/mol. The van der Waals surface area contributed by atoms with Crippen LogP contribution in [0.2, 0.25) is 0 Å². The lowest BCUT2D eigenvalue weighted by Gasteiger charge is -2.33. The first kappa shape index (κ1) is 9.21. The van der Waals surface area contributed by atoms with Crippen LogP contribution in [0, 0.1) is 0 Å². The summed E-state index contributed by atoms with van der Waals surface area (Å²) in [5, 5.41) is 0. The lowest BCUT2D eigenvalue weighted by molar-refractivity contribution is 0.0531. The maximum absolute atomic E-state index is 5.32. The highest BCUT2D eigenvalue weighted by atomic mass is 79.9. The van der Waals surface area contributed by atoms with Crippen molar-refractivity contribution in [2.24, 2.45) is 4.99 Å². The fraction of sp³-hybridized carbons (Fsp3) is 0.667. The number of halogens is 1. The topological polar surface area (TPSA) is 24.8 Å². The Morgan fingerprint density at radius 1 is 1.46 bits per heavy atom. The molecule has 1 fully saturated rings. The van der Waals surface area contributed by atoms with Crippen molar-refractivity contribution in [2.45, 2.75) is 18.9 Å². The summed E-state index contributed by atoms with van der Waals surface area (Å²) in [5.41, 5.74) is 0. The molecule has 0 aliphatic carbocycles. The molecule has 0 spiro atoms. The minimum Gasteiger partial charge on any atom is -0.381 e. The van der Waals surface area contributed by atoms with Gasteiger partial charge in [-0.1, -0.05) is 0 Å². The van der Waals surface area contributed by atoms with Crippen LogP contribution in [0.5, 0.6) is 0 Å². The third-order valence-corrected chi connectivity index (χ3v) is 2.85. The molecular formula is C9H13BrN2O. The number of hydrogen-bond donors (Lipinski definition) is 0. The van der Waals surface area contributed by atoms with Crippen LogP contribution >= 0.6 is 15.9 Å². The van der Waals surface area contributed by atoms with Gasteiger partial charge in [-0.15, -0.1) is 0 Å². The zero-order valence-corrected chi connectivity index (χ0v) is 9.03. The van der Waals surface area contributed by atoms with Gasteiger partial charge in [0.05, 0.1) is 6.54 Å². The molecule has 0 aromatic carbocycles. The van der Waals surface area contributed by atoms with Crippen molar-refractivity contribution in [1.82, 2.24) is 4.90 Å². The first-order valence-electron chi connectivity index (χ1n) is 4.59. The van der Waals surface area contributed by atoms with Gasteiger partial charge in [-0.05, 0) is 28.8 Å². The average molecular weight is 245 g/mol. The summed E-state index contributed by atoms with van der Waals surface area (Å²) in [7, 11) is 0. The monoisotopic (exact) mass is 244 g/mol. The van der Waals surface area contributed by atoms with E-state index in [4.69, 9.17) is 4.74 Å². The van der Waals surface area contributed by atoms with Crippen LogP contribution in [-0.4, -0.2) is 36.9 Å². The van der Waals surface area contributed by atoms with Crippen molar-refractivity contribution in [3.63, 3.8) is 0 Å². The van der Waals surface area contributed by atoms with Crippen molar-refractivity contribution >= 4 is 22.1 Å². The molecule has 0 saturated carbocycles. The van der Waals surface area contributed by atoms with Crippen LogP contribution in [0.1, 0.15) is 12.8 Å². The minimum atomic E-state index is 0.632. The van der Waals surface area contributed by atoms with Crippen LogP contribution in [-0.2, 0) is 4.74 Å². The van der Waals surface area contributed by atoms with E-state index in [-0.39, 0.29) is 0 Å². The van der Waals surface area contributed by atoms with Gasteiger partial charge in [-0.3, -0.25) is 4.99 Å². The van der Waals surface area contributed by atoms with Crippen molar-refractivity contribution in [2.75, 3.05) is 19.8 Å². The fourth-order valence-electron chi connectivity index (χ4n) is 1.72. The molecule has 0 bridgehead atoms. The number of aliphatic imine (C=N–C) groups is 1.